The van der Waals surface area contributed by atoms with Gasteiger partial charge in [-0.3, -0.25) is 4.98 Å². The number of hydrogen-bond donors (Lipinski definition) is 2. The molecule has 0 spiro atoms. The van der Waals surface area contributed by atoms with Crippen molar-refractivity contribution in [1.29, 1.82) is 0 Å². The largest absolute Gasteiger partial charge is 0.384 e. The molecule has 2 aromatic rings. The summed E-state index contributed by atoms with van der Waals surface area (Å²) in [7, 11) is 0. The van der Waals surface area contributed by atoms with E-state index in [4.69, 9.17) is 0 Å². The van der Waals surface area contributed by atoms with E-state index in [9.17, 15) is 5.11 Å². The topological polar surface area (TPSA) is 45.1 Å². The highest BCUT2D eigenvalue weighted by Crippen LogP contribution is 2.24. The average molecular weight is 258 g/mol. The summed E-state index contributed by atoms with van der Waals surface area (Å²) >= 11 is 0. The Labute approximate surface area is 114 Å². The van der Waals surface area contributed by atoms with Gasteiger partial charge in [0.1, 0.15) is 0 Å². The zero-order valence-corrected chi connectivity index (χ0v) is 12.1. The third-order valence-electron chi connectivity index (χ3n) is 3.19. The summed E-state index contributed by atoms with van der Waals surface area (Å²) in [6.45, 7) is 8.60. The number of pyridine rings is 1. The van der Waals surface area contributed by atoms with Gasteiger partial charge in [-0.15, -0.1) is 0 Å². The first-order valence-electron chi connectivity index (χ1n) is 6.61. The second kappa shape index (κ2) is 4.91. The van der Waals surface area contributed by atoms with E-state index < -0.39 is 5.60 Å². The third-order valence-corrected chi connectivity index (χ3v) is 3.19. The summed E-state index contributed by atoms with van der Waals surface area (Å²) in [5.74, 6) is 0. The van der Waals surface area contributed by atoms with Crippen LogP contribution < -0.4 is 5.32 Å². The molecule has 0 amide bonds. The highest BCUT2D eigenvalue weighted by Gasteiger charge is 2.25. The van der Waals surface area contributed by atoms with E-state index >= 15 is 0 Å². The minimum atomic E-state index is -0.904. The van der Waals surface area contributed by atoms with E-state index in [2.05, 4.69) is 31.1 Å². The van der Waals surface area contributed by atoms with E-state index in [1.807, 2.05) is 37.3 Å². The van der Waals surface area contributed by atoms with E-state index in [0.29, 0.717) is 6.54 Å². The highest BCUT2D eigenvalue weighted by molar-refractivity contribution is 5.79. The summed E-state index contributed by atoms with van der Waals surface area (Å²) < 4.78 is 0. The predicted molar refractivity (Wildman–Crippen MR) is 79.1 cm³/mol. The Morgan fingerprint density at radius 2 is 1.89 bits per heavy atom. The summed E-state index contributed by atoms with van der Waals surface area (Å²) in [6.07, 6.45) is 1.77. The molecule has 0 aliphatic heterocycles. The van der Waals surface area contributed by atoms with Crippen LogP contribution in [0.5, 0.6) is 0 Å². The van der Waals surface area contributed by atoms with Crippen LogP contribution in [0.25, 0.3) is 10.9 Å². The zero-order chi connectivity index (χ0) is 14.1. The number of rotatable bonds is 3. The molecule has 0 aliphatic rings. The summed E-state index contributed by atoms with van der Waals surface area (Å²) in [4.78, 5) is 4.33. The van der Waals surface area contributed by atoms with Gasteiger partial charge in [-0.05, 0) is 45.4 Å². The number of nitrogens with zero attached hydrogens (tertiary/aromatic N) is 1. The lowest BCUT2D eigenvalue weighted by Crippen LogP contribution is -2.44. The maximum absolute atomic E-state index is 10.6. The Hall–Kier alpha value is -1.45. The van der Waals surface area contributed by atoms with Gasteiger partial charge in [0.15, 0.2) is 0 Å². The molecule has 1 aromatic carbocycles. The van der Waals surface area contributed by atoms with E-state index in [1.54, 1.807) is 6.20 Å². The Kier molecular flexibility index (Phi) is 3.61. The standard InChI is InChI=1S/C16H22N2O/c1-15(2,3)18-11-16(4,19)13-8-7-12-6-5-9-17-14(12)10-13/h5-10,18-19H,11H2,1-4H3. The second-order valence-corrected chi connectivity index (χ2v) is 6.29. The molecule has 3 heteroatoms. The number of nitrogens with one attached hydrogen (secondary N) is 1. The molecular weight excluding hydrogens is 236 g/mol. The molecule has 0 radical (unpaired) electrons. The lowest BCUT2D eigenvalue weighted by atomic mass is 9.93. The molecule has 1 unspecified atom stereocenters. The first-order chi connectivity index (χ1) is 8.78. The van der Waals surface area contributed by atoms with Crippen LogP contribution in [0.3, 0.4) is 0 Å². The molecule has 0 saturated carbocycles. The first-order valence-corrected chi connectivity index (χ1v) is 6.61. The maximum atomic E-state index is 10.6. The predicted octanol–water partition coefficient (Wildman–Crippen LogP) is 2.83. The number of benzene rings is 1. The molecule has 19 heavy (non-hydrogen) atoms. The monoisotopic (exact) mass is 258 g/mol. The van der Waals surface area contributed by atoms with Crippen LogP contribution in [0.15, 0.2) is 36.5 Å². The van der Waals surface area contributed by atoms with Crippen molar-refractivity contribution in [2.24, 2.45) is 0 Å². The number of aliphatic hydroxyl groups is 1. The normalized spacial score (nSPS) is 15.4. The van der Waals surface area contributed by atoms with Crippen molar-refractivity contribution in [3.63, 3.8) is 0 Å². The van der Waals surface area contributed by atoms with Crippen LogP contribution in [0.1, 0.15) is 33.3 Å². The lowest BCUT2D eigenvalue weighted by Gasteiger charge is -2.30. The Balaban J connectivity index is 2.27. The summed E-state index contributed by atoms with van der Waals surface area (Å²) in [5, 5.41) is 15.0. The van der Waals surface area contributed by atoms with Crippen LogP contribution >= 0.6 is 0 Å². The Bertz CT molecular complexity index is 570. The molecule has 1 atom stereocenters. The fourth-order valence-electron chi connectivity index (χ4n) is 1.94. The fourth-order valence-corrected chi connectivity index (χ4v) is 1.94. The maximum Gasteiger partial charge on any atom is 0.0993 e. The van der Waals surface area contributed by atoms with Crippen molar-refractivity contribution < 1.29 is 5.11 Å². The molecule has 0 fully saturated rings. The molecule has 1 aromatic heterocycles. The highest BCUT2D eigenvalue weighted by atomic mass is 16.3. The van der Waals surface area contributed by atoms with Crippen molar-refractivity contribution in [3.8, 4) is 0 Å². The Morgan fingerprint density at radius 1 is 1.16 bits per heavy atom. The van der Waals surface area contributed by atoms with E-state index in [0.717, 1.165) is 16.5 Å². The molecule has 3 nitrogen and oxygen atoms in total. The molecular formula is C16H22N2O. The van der Waals surface area contributed by atoms with Gasteiger partial charge in [0.05, 0.1) is 11.1 Å². The van der Waals surface area contributed by atoms with Crippen molar-refractivity contribution in [1.82, 2.24) is 10.3 Å². The Morgan fingerprint density at radius 3 is 2.58 bits per heavy atom. The van der Waals surface area contributed by atoms with Crippen molar-refractivity contribution >= 4 is 10.9 Å². The van der Waals surface area contributed by atoms with Gasteiger partial charge in [-0.2, -0.15) is 0 Å². The second-order valence-electron chi connectivity index (χ2n) is 6.29. The zero-order valence-electron chi connectivity index (χ0n) is 12.1. The van der Waals surface area contributed by atoms with Gasteiger partial charge in [-0.1, -0.05) is 18.2 Å². The molecule has 102 valence electrons. The number of hydrogen-bond acceptors (Lipinski definition) is 3. The molecule has 0 saturated heterocycles. The summed E-state index contributed by atoms with van der Waals surface area (Å²) in [6, 6.07) is 9.87. The first kappa shape index (κ1) is 14.0. The van der Waals surface area contributed by atoms with Gasteiger partial charge in [0.2, 0.25) is 0 Å². The number of β-amino-alcohol motifs (C(OH)–C–C–N with tert-alkyl or cyclic N) is 1. The van der Waals surface area contributed by atoms with Crippen molar-refractivity contribution in [2.45, 2.75) is 38.8 Å². The third kappa shape index (κ3) is 3.52. The summed E-state index contributed by atoms with van der Waals surface area (Å²) in [5.41, 5.74) is 0.879. The minimum Gasteiger partial charge on any atom is -0.384 e. The van der Waals surface area contributed by atoms with Crippen molar-refractivity contribution in [3.05, 3.63) is 42.1 Å². The van der Waals surface area contributed by atoms with Gasteiger partial charge in [-0.25, -0.2) is 0 Å². The van der Waals surface area contributed by atoms with E-state index in [-0.39, 0.29) is 5.54 Å². The average Bonchev–Trinajstić information content (AvgIpc) is 2.35. The lowest BCUT2D eigenvalue weighted by molar-refractivity contribution is 0.0503. The van der Waals surface area contributed by atoms with Crippen LogP contribution in [-0.4, -0.2) is 22.2 Å². The number of fused-ring (bicyclic) bond motifs is 1. The number of aromatic nitrogens is 1. The van der Waals surface area contributed by atoms with Crippen LogP contribution in [0.2, 0.25) is 0 Å². The van der Waals surface area contributed by atoms with Crippen LogP contribution in [0, 0.1) is 0 Å². The fraction of sp³-hybridized carbons (Fsp3) is 0.438. The molecule has 0 aliphatic carbocycles. The van der Waals surface area contributed by atoms with Gasteiger partial charge < -0.3 is 10.4 Å². The molecule has 1 heterocycles. The van der Waals surface area contributed by atoms with Crippen molar-refractivity contribution in [2.75, 3.05) is 6.54 Å². The molecule has 2 rings (SSSR count). The van der Waals surface area contributed by atoms with Gasteiger partial charge >= 0.3 is 0 Å². The van der Waals surface area contributed by atoms with Gasteiger partial charge in [0.25, 0.3) is 0 Å². The van der Waals surface area contributed by atoms with Crippen LogP contribution in [-0.2, 0) is 5.60 Å². The quantitative estimate of drug-likeness (QED) is 0.890. The molecule has 0 bridgehead atoms. The van der Waals surface area contributed by atoms with E-state index in [1.165, 1.54) is 0 Å². The SMILES string of the molecule is CC(C)(C)NCC(C)(O)c1ccc2cccnc2c1. The minimum absolute atomic E-state index is 0.0148. The van der Waals surface area contributed by atoms with Crippen LogP contribution in [0.4, 0.5) is 0 Å². The smallest absolute Gasteiger partial charge is 0.0993 e. The van der Waals surface area contributed by atoms with Gasteiger partial charge in [0, 0.05) is 23.7 Å². The molecule has 2 N–H and O–H groups in total.